The molecule has 19 heavy (non-hydrogen) atoms. The van der Waals surface area contributed by atoms with Gasteiger partial charge < -0.3 is 10.6 Å². The molecule has 2 aromatic rings. The average molecular weight is 258 g/mol. The van der Waals surface area contributed by atoms with Crippen LogP contribution in [0.4, 0.5) is 0 Å². The Hall–Kier alpha value is -1.88. The molecule has 1 aliphatic rings. The summed E-state index contributed by atoms with van der Waals surface area (Å²) in [7, 11) is 0. The van der Waals surface area contributed by atoms with Crippen LogP contribution >= 0.6 is 0 Å². The van der Waals surface area contributed by atoms with Crippen molar-refractivity contribution in [3.05, 3.63) is 36.2 Å². The first-order valence-corrected chi connectivity index (χ1v) is 6.65. The number of fused-ring (bicyclic) bond motifs is 1. The first-order valence-electron chi connectivity index (χ1n) is 6.65. The van der Waals surface area contributed by atoms with Gasteiger partial charge in [-0.15, -0.1) is 0 Å². The van der Waals surface area contributed by atoms with Crippen molar-refractivity contribution in [3.63, 3.8) is 0 Å². The molecule has 3 rings (SSSR count). The second kappa shape index (κ2) is 4.66. The van der Waals surface area contributed by atoms with Gasteiger partial charge in [0.15, 0.2) is 0 Å². The van der Waals surface area contributed by atoms with Crippen molar-refractivity contribution < 1.29 is 4.79 Å². The number of pyridine rings is 1. The maximum absolute atomic E-state index is 12.7. The smallest absolute Gasteiger partial charge is 0.257 e. The molecule has 1 aliphatic heterocycles. The number of rotatable bonds is 2. The Morgan fingerprint density at radius 1 is 1.53 bits per heavy atom. The van der Waals surface area contributed by atoms with E-state index in [-0.39, 0.29) is 11.9 Å². The van der Waals surface area contributed by atoms with Crippen molar-refractivity contribution >= 4 is 11.4 Å². The first-order chi connectivity index (χ1) is 9.22. The van der Waals surface area contributed by atoms with Crippen molar-refractivity contribution in [2.45, 2.75) is 19.4 Å². The number of likely N-dealkylation sites (tertiary alicyclic amines) is 1. The molecule has 5 heteroatoms. The topological polar surface area (TPSA) is 63.6 Å². The van der Waals surface area contributed by atoms with Crippen LogP contribution in [0.15, 0.2) is 30.6 Å². The Labute approximate surface area is 112 Å². The normalized spacial score (nSPS) is 23.2. The quantitative estimate of drug-likeness (QED) is 0.878. The molecule has 100 valence electrons. The number of aromatic nitrogens is 2. The number of nitrogens with zero attached hydrogens (tertiary/aromatic N) is 3. The van der Waals surface area contributed by atoms with Crippen LogP contribution in [0.25, 0.3) is 5.52 Å². The minimum Gasteiger partial charge on any atom is -0.334 e. The Kier molecular flexibility index (Phi) is 2.98. The molecule has 0 spiro atoms. The summed E-state index contributed by atoms with van der Waals surface area (Å²) in [6, 6.07) is 5.87. The highest BCUT2D eigenvalue weighted by Crippen LogP contribution is 2.26. The summed E-state index contributed by atoms with van der Waals surface area (Å²) in [5.41, 5.74) is 7.31. The lowest BCUT2D eigenvalue weighted by atomic mass is 10.0. The fourth-order valence-electron chi connectivity index (χ4n) is 2.87. The van der Waals surface area contributed by atoms with Crippen molar-refractivity contribution in [2.75, 3.05) is 13.1 Å². The molecule has 0 aliphatic carbocycles. The number of hydrogen-bond donors (Lipinski definition) is 1. The van der Waals surface area contributed by atoms with Gasteiger partial charge in [-0.05, 0) is 24.5 Å². The standard InChI is InChI=1S/C14H18N4O/c1-10-5-7-17(13(10)8-15)14(19)11-9-16-18-6-3-2-4-12(11)18/h2-4,6,9-10,13H,5,7-8,15H2,1H3. The number of carbonyl (C=O) groups is 1. The number of carbonyl (C=O) groups excluding carboxylic acids is 1. The minimum atomic E-state index is 0.0426. The van der Waals surface area contributed by atoms with Crippen molar-refractivity contribution in [1.82, 2.24) is 14.5 Å². The van der Waals surface area contributed by atoms with Crippen LogP contribution in [0.1, 0.15) is 23.7 Å². The van der Waals surface area contributed by atoms with E-state index in [4.69, 9.17) is 5.73 Å². The number of nitrogens with two attached hydrogens (primary N) is 1. The zero-order valence-corrected chi connectivity index (χ0v) is 11.0. The molecule has 2 unspecified atom stereocenters. The van der Waals surface area contributed by atoms with E-state index in [1.807, 2.05) is 29.3 Å². The second-order valence-electron chi connectivity index (χ2n) is 5.16. The molecule has 2 N–H and O–H groups in total. The average Bonchev–Trinajstić information content (AvgIpc) is 3.01. The van der Waals surface area contributed by atoms with Gasteiger partial charge in [0.2, 0.25) is 0 Å². The lowest BCUT2D eigenvalue weighted by molar-refractivity contribution is 0.0729. The van der Waals surface area contributed by atoms with E-state index < -0.39 is 0 Å². The molecule has 5 nitrogen and oxygen atoms in total. The lowest BCUT2D eigenvalue weighted by Crippen LogP contribution is -2.42. The number of hydrogen-bond acceptors (Lipinski definition) is 3. The Morgan fingerprint density at radius 3 is 3.16 bits per heavy atom. The van der Waals surface area contributed by atoms with E-state index in [1.54, 1.807) is 10.7 Å². The first kappa shape index (κ1) is 12.2. The van der Waals surface area contributed by atoms with Crippen LogP contribution in [-0.2, 0) is 0 Å². The highest BCUT2D eigenvalue weighted by molar-refractivity contribution is 6.00. The zero-order valence-electron chi connectivity index (χ0n) is 11.0. The van der Waals surface area contributed by atoms with Crippen LogP contribution < -0.4 is 5.73 Å². The fourth-order valence-corrected chi connectivity index (χ4v) is 2.87. The van der Waals surface area contributed by atoms with Crippen LogP contribution in [0.5, 0.6) is 0 Å². The van der Waals surface area contributed by atoms with Crippen LogP contribution in [-0.4, -0.2) is 39.6 Å². The highest BCUT2D eigenvalue weighted by atomic mass is 16.2. The Balaban J connectivity index is 1.96. The van der Waals surface area contributed by atoms with E-state index in [0.717, 1.165) is 18.5 Å². The van der Waals surface area contributed by atoms with Crippen LogP contribution in [0, 0.1) is 5.92 Å². The van der Waals surface area contributed by atoms with Gasteiger partial charge in [0.05, 0.1) is 17.3 Å². The predicted molar refractivity (Wildman–Crippen MR) is 72.9 cm³/mol. The van der Waals surface area contributed by atoms with Gasteiger partial charge in [-0.25, -0.2) is 4.52 Å². The maximum atomic E-state index is 12.7. The second-order valence-corrected chi connectivity index (χ2v) is 5.16. The summed E-state index contributed by atoms with van der Waals surface area (Å²) in [6.07, 6.45) is 4.51. The summed E-state index contributed by atoms with van der Waals surface area (Å²) in [5, 5.41) is 4.22. The Morgan fingerprint density at radius 2 is 2.37 bits per heavy atom. The van der Waals surface area contributed by atoms with E-state index in [1.165, 1.54) is 0 Å². The molecule has 0 saturated carbocycles. The molecular weight excluding hydrogens is 240 g/mol. The molecule has 1 amide bonds. The summed E-state index contributed by atoms with van der Waals surface area (Å²) >= 11 is 0. The maximum Gasteiger partial charge on any atom is 0.257 e. The van der Waals surface area contributed by atoms with Crippen LogP contribution in [0.3, 0.4) is 0 Å². The van der Waals surface area contributed by atoms with Gasteiger partial charge in [0.25, 0.3) is 5.91 Å². The molecule has 0 radical (unpaired) electrons. The fraction of sp³-hybridized carbons (Fsp3) is 0.429. The van der Waals surface area contributed by atoms with E-state index >= 15 is 0 Å². The highest BCUT2D eigenvalue weighted by Gasteiger charge is 2.34. The summed E-state index contributed by atoms with van der Waals surface area (Å²) in [5.74, 6) is 0.511. The molecule has 2 atom stereocenters. The summed E-state index contributed by atoms with van der Waals surface area (Å²) in [4.78, 5) is 14.6. The van der Waals surface area contributed by atoms with Gasteiger partial charge in [-0.3, -0.25) is 4.79 Å². The van der Waals surface area contributed by atoms with Crippen molar-refractivity contribution in [1.29, 1.82) is 0 Å². The Bertz CT molecular complexity index is 606. The molecule has 0 aromatic carbocycles. The third kappa shape index (κ3) is 1.90. The summed E-state index contributed by atoms with van der Waals surface area (Å²) in [6.45, 7) is 3.46. The van der Waals surface area contributed by atoms with Gasteiger partial charge in [0.1, 0.15) is 0 Å². The SMILES string of the molecule is CC1CCN(C(=O)c2cnn3ccccc23)C1CN. The van der Waals surface area contributed by atoms with Crippen molar-refractivity contribution in [2.24, 2.45) is 11.7 Å². The number of amides is 1. The zero-order chi connectivity index (χ0) is 13.4. The molecule has 1 saturated heterocycles. The molecule has 2 aromatic heterocycles. The van der Waals surface area contributed by atoms with Gasteiger partial charge in [-0.1, -0.05) is 13.0 Å². The van der Waals surface area contributed by atoms with Gasteiger partial charge >= 0.3 is 0 Å². The molecular formula is C14H18N4O. The third-order valence-electron chi connectivity index (χ3n) is 4.04. The molecule has 0 bridgehead atoms. The predicted octanol–water partition coefficient (Wildman–Crippen LogP) is 1.14. The minimum absolute atomic E-state index is 0.0426. The van der Waals surface area contributed by atoms with Gasteiger partial charge in [0, 0.05) is 25.3 Å². The largest absolute Gasteiger partial charge is 0.334 e. The van der Waals surface area contributed by atoms with Gasteiger partial charge in [-0.2, -0.15) is 5.10 Å². The lowest BCUT2D eigenvalue weighted by Gasteiger charge is -2.25. The van der Waals surface area contributed by atoms with E-state index in [0.29, 0.717) is 18.0 Å². The third-order valence-corrected chi connectivity index (χ3v) is 4.04. The summed E-state index contributed by atoms with van der Waals surface area (Å²) < 4.78 is 1.73. The van der Waals surface area contributed by atoms with E-state index in [9.17, 15) is 4.79 Å². The molecule has 1 fully saturated rings. The van der Waals surface area contributed by atoms with E-state index in [2.05, 4.69) is 12.0 Å². The van der Waals surface area contributed by atoms with Crippen LogP contribution in [0.2, 0.25) is 0 Å². The molecule has 3 heterocycles. The van der Waals surface area contributed by atoms with Crippen molar-refractivity contribution in [3.8, 4) is 0 Å². The monoisotopic (exact) mass is 258 g/mol.